The minimum Gasteiger partial charge on any atom is -0.472 e. The molecule has 3 rings (SSSR count). The number of anilines is 2. The molecule has 2 aromatic rings. The molecule has 29 heavy (non-hydrogen) atoms. The Hall–Kier alpha value is -4.09. The Kier molecular flexibility index (Phi) is 4.85. The van der Waals surface area contributed by atoms with Crippen LogP contribution in [0.3, 0.4) is 0 Å². The number of pyridine rings is 1. The van der Waals surface area contributed by atoms with Crippen LogP contribution in [0.4, 0.5) is 23.0 Å². The summed E-state index contributed by atoms with van der Waals surface area (Å²) in [5.74, 6) is -1.73. The number of ether oxygens (including phenoxy) is 1. The molecule has 0 atom stereocenters. The zero-order valence-corrected chi connectivity index (χ0v) is 15.3. The van der Waals surface area contributed by atoms with Crippen LogP contribution in [0.25, 0.3) is 0 Å². The molecule has 1 aromatic heterocycles. The maximum Gasteiger partial charge on any atom is 0.366 e. The molecule has 0 bridgehead atoms. The first-order valence-electron chi connectivity index (χ1n) is 8.29. The molecule has 0 aliphatic carbocycles. The Labute approximate surface area is 163 Å². The van der Waals surface area contributed by atoms with E-state index in [1.165, 1.54) is 44.2 Å². The molecule has 150 valence electrons. The van der Waals surface area contributed by atoms with E-state index in [4.69, 9.17) is 4.74 Å². The SMILES string of the molecule is CC1(C)Oc2ccc([N+](=O)[O-])nc2N(CC(=O)Nc2ccc([N+](=O)[O-])cc2)C1=O. The van der Waals surface area contributed by atoms with Crippen LogP contribution in [0.2, 0.25) is 0 Å². The third-order valence-corrected chi connectivity index (χ3v) is 4.06. The lowest BCUT2D eigenvalue weighted by Gasteiger charge is -2.35. The third kappa shape index (κ3) is 3.95. The maximum absolute atomic E-state index is 12.7. The van der Waals surface area contributed by atoms with Gasteiger partial charge in [0.1, 0.15) is 6.54 Å². The summed E-state index contributed by atoms with van der Waals surface area (Å²) in [4.78, 5) is 50.4. The number of hydrogen-bond donors (Lipinski definition) is 1. The van der Waals surface area contributed by atoms with E-state index in [9.17, 15) is 29.8 Å². The number of amides is 2. The molecule has 1 N–H and O–H groups in total. The number of rotatable bonds is 5. The second kappa shape index (κ2) is 7.14. The number of fused-ring (bicyclic) bond motifs is 1. The highest BCUT2D eigenvalue weighted by molar-refractivity contribution is 6.07. The molecule has 2 heterocycles. The molecule has 0 fully saturated rings. The normalized spacial score (nSPS) is 14.6. The molecule has 1 aliphatic heterocycles. The lowest BCUT2D eigenvalue weighted by atomic mass is 10.1. The van der Waals surface area contributed by atoms with Gasteiger partial charge in [0.15, 0.2) is 11.4 Å². The molecular weight excluding hydrogens is 386 g/mol. The Balaban J connectivity index is 1.85. The van der Waals surface area contributed by atoms with E-state index in [-0.39, 0.29) is 22.9 Å². The highest BCUT2D eigenvalue weighted by Crippen LogP contribution is 2.37. The average molecular weight is 401 g/mol. The first-order chi connectivity index (χ1) is 13.6. The highest BCUT2D eigenvalue weighted by Gasteiger charge is 2.45. The topological polar surface area (TPSA) is 158 Å². The Morgan fingerprint density at radius 2 is 1.79 bits per heavy atom. The summed E-state index contributed by atoms with van der Waals surface area (Å²) in [6.45, 7) is 2.52. The summed E-state index contributed by atoms with van der Waals surface area (Å²) in [6.07, 6.45) is 0. The van der Waals surface area contributed by atoms with Gasteiger partial charge in [0.05, 0.1) is 4.92 Å². The minimum atomic E-state index is -1.31. The van der Waals surface area contributed by atoms with Crippen LogP contribution in [-0.2, 0) is 9.59 Å². The number of aromatic nitrogens is 1. The summed E-state index contributed by atoms with van der Waals surface area (Å²) >= 11 is 0. The van der Waals surface area contributed by atoms with Gasteiger partial charge in [0, 0.05) is 23.9 Å². The van der Waals surface area contributed by atoms with Crippen LogP contribution >= 0.6 is 0 Å². The van der Waals surface area contributed by atoms with E-state index < -0.39 is 39.6 Å². The van der Waals surface area contributed by atoms with Crippen molar-refractivity contribution in [3.8, 4) is 5.75 Å². The number of hydrogen-bond acceptors (Lipinski definition) is 8. The molecular formula is C17H15N5O7. The number of nitrogens with zero attached hydrogens (tertiary/aromatic N) is 4. The molecule has 0 spiro atoms. The molecule has 0 unspecified atom stereocenters. The minimum absolute atomic E-state index is 0.128. The van der Waals surface area contributed by atoms with Crippen molar-refractivity contribution in [3.05, 3.63) is 56.6 Å². The lowest BCUT2D eigenvalue weighted by Crippen LogP contribution is -2.54. The quantitative estimate of drug-likeness (QED) is 0.589. The molecule has 2 amide bonds. The summed E-state index contributed by atoms with van der Waals surface area (Å²) < 4.78 is 5.56. The predicted molar refractivity (Wildman–Crippen MR) is 99.7 cm³/mol. The van der Waals surface area contributed by atoms with Crippen molar-refractivity contribution in [1.82, 2.24) is 4.98 Å². The third-order valence-electron chi connectivity index (χ3n) is 4.06. The molecule has 0 radical (unpaired) electrons. The van der Waals surface area contributed by atoms with Crippen molar-refractivity contribution >= 4 is 34.8 Å². The second-order valence-electron chi connectivity index (χ2n) is 6.60. The maximum atomic E-state index is 12.7. The van der Waals surface area contributed by atoms with E-state index >= 15 is 0 Å². The van der Waals surface area contributed by atoms with E-state index in [0.29, 0.717) is 0 Å². The Bertz CT molecular complexity index is 1020. The molecule has 12 heteroatoms. The average Bonchev–Trinajstić information content (AvgIpc) is 2.65. The van der Waals surface area contributed by atoms with Gasteiger partial charge < -0.3 is 20.2 Å². The largest absolute Gasteiger partial charge is 0.472 e. The van der Waals surface area contributed by atoms with Crippen LogP contribution in [0.15, 0.2) is 36.4 Å². The van der Waals surface area contributed by atoms with Gasteiger partial charge in [-0.2, -0.15) is 0 Å². The van der Waals surface area contributed by atoms with Crippen LogP contribution in [0.1, 0.15) is 13.8 Å². The lowest BCUT2D eigenvalue weighted by molar-refractivity contribution is -0.389. The van der Waals surface area contributed by atoms with Crippen molar-refractivity contribution in [2.75, 3.05) is 16.8 Å². The van der Waals surface area contributed by atoms with Crippen LogP contribution in [0.5, 0.6) is 5.75 Å². The van der Waals surface area contributed by atoms with Gasteiger partial charge in [-0.3, -0.25) is 24.6 Å². The van der Waals surface area contributed by atoms with Gasteiger partial charge in [-0.05, 0) is 42.0 Å². The second-order valence-corrected chi connectivity index (χ2v) is 6.60. The predicted octanol–water partition coefficient (Wildman–Crippen LogP) is 2.04. The fourth-order valence-corrected chi connectivity index (χ4v) is 2.70. The van der Waals surface area contributed by atoms with E-state index in [1.54, 1.807) is 0 Å². The van der Waals surface area contributed by atoms with Crippen molar-refractivity contribution in [3.63, 3.8) is 0 Å². The number of carbonyl (C=O) groups is 2. The summed E-state index contributed by atoms with van der Waals surface area (Å²) in [5.41, 5.74) is -1.16. The number of nitrogens with one attached hydrogen (secondary N) is 1. The van der Waals surface area contributed by atoms with Gasteiger partial charge in [-0.15, -0.1) is 0 Å². The zero-order valence-electron chi connectivity index (χ0n) is 15.3. The standard InChI is InChI=1S/C17H15N5O7/c1-17(2)16(24)20(15-12(29-17)7-8-13(19-15)22(27)28)9-14(23)18-10-3-5-11(6-4-10)21(25)26/h3-8H,9H2,1-2H3,(H,18,23). The van der Waals surface area contributed by atoms with Gasteiger partial charge in [-0.25, -0.2) is 0 Å². The smallest absolute Gasteiger partial charge is 0.366 e. The highest BCUT2D eigenvalue weighted by atomic mass is 16.6. The van der Waals surface area contributed by atoms with Crippen molar-refractivity contribution in [2.24, 2.45) is 0 Å². The van der Waals surface area contributed by atoms with Crippen molar-refractivity contribution in [1.29, 1.82) is 0 Å². The number of non-ortho nitro benzene ring substituents is 1. The zero-order chi connectivity index (χ0) is 21.3. The first-order valence-corrected chi connectivity index (χ1v) is 8.29. The van der Waals surface area contributed by atoms with Crippen LogP contribution in [0, 0.1) is 20.2 Å². The number of nitro benzene ring substituents is 1. The fourth-order valence-electron chi connectivity index (χ4n) is 2.70. The van der Waals surface area contributed by atoms with Crippen LogP contribution < -0.4 is 15.0 Å². The molecule has 0 saturated heterocycles. The Morgan fingerprint density at radius 3 is 2.38 bits per heavy atom. The van der Waals surface area contributed by atoms with Gasteiger partial charge >= 0.3 is 5.82 Å². The molecule has 1 aliphatic rings. The number of nitro groups is 2. The molecule has 12 nitrogen and oxygen atoms in total. The molecule has 0 saturated carbocycles. The summed E-state index contributed by atoms with van der Waals surface area (Å²) in [5, 5.41) is 24.2. The van der Waals surface area contributed by atoms with E-state index in [2.05, 4.69) is 10.3 Å². The fraction of sp³-hybridized carbons (Fsp3) is 0.235. The van der Waals surface area contributed by atoms with Crippen LogP contribution in [-0.4, -0.2) is 38.8 Å². The number of benzene rings is 1. The van der Waals surface area contributed by atoms with E-state index in [1.807, 2.05) is 0 Å². The van der Waals surface area contributed by atoms with Gasteiger partial charge in [-0.1, -0.05) is 0 Å². The van der Waals surface area contributed by atoms with E-state index in [0.717, 1.165) is 11.0 Å². The summed E-state index contributed by atoms with van der Waals surface area (Å²) in [7, 11) is 0. The van der Waals surface area contributed by atoms with Gasteiger partial charge in [0.25, 0.3) is 17.4 Å². The van der Waals surface area contributed by atoms with Crippen molar-refractivity contribution < 1.29 is 24.2 Å². The molecule has 1 aromatic carbocycles. The van der Waals surface area contributed by atoms with Crippen molar-refractivity contribution in [2.45, 2.75) is 19.4 Å². The number of carbonyl (C=O) groups excluding carboxylic acids is 2. The monoisotopic (exact) mass is 401 g/mol. The van der Waals surface area contributed by atoms with Gasteiger partial charge in [0.2, 0.25) is 5.91 Å². The first kappa shape index (κ1) is 19.7. The summed E-state index contributed by atoms with van der Waals surface area (Å²) in [6, 6.07) is 7.59. The Morgan fingerprint density at radius 1 is 1.14 bits per heavy atom.